The number of rotatable bonds is 6. The number of likely N-dealkylation sites (tertiary alicyclic amines) is 1. The minimum absolute atomic E-state index is 0.183. The molecule has 2 aliphatic rings. The topological polar surface area (TPSA) is 12.5 Å². The number of nitrogens with zero attached hydrogens (tertiary/aromatic N) is 1. The lowest BCUT2D eigenvalue weighted by Crippen LogP contribution is -2.31. The lowest BCUT2D eigenvalue weighted by atomic mass is 9.87. The molecule has 1 saturated carbocycles. The Morgan fingerprint density at radius 1 is 1.35 bits per heavy atom. The van der Waals surface area contributed by atoms with Gasteiger partial charge >= 0.3 is 0 Å². The summed E-state index contributed by atoms with van der Waals surface area (Å²) in [6.07, 6.45) is 6.99. The molecule has 2 fully saturated rings. The molecule has 1 aromatic rings. The molecule has 0 aromatic heterocycles. The summed E-state index contributed by atoms with van der Waals surface area (Å²) in [6, 6.07) is 5.18. The van der Waals surface area contributed by atoms with Crippen LogP contribution in [-0.2, 0) is 0 Å². The van der Waals surface area contributed by atoms with Crippen molar-refractivity contribution in [3.63, 3.8) is 0 Å². The van der Waals surface area contributed by atoms with E-state index in [1.807, 2.05) is 12.3 Å². The number of ether oxygens (including phenoxy) is 1. The quantitative estimate of drug-likeness (QED) is 0.699. The van der Waals surface area contributed by atoms with Crippen LogP contribution >= 0.6 is 11.8 Å². The maximum atomic E-state index is 13.8. The van der Waals surface area contributed by atoms with Gasteiger partial charge in [-0.05, 0) is 81.5 Å². The molecule has 2 atom stereocenters. The number of benzene rings is 1. The number of hydrogen-bond donors (Lipinski definition) is 0. The Bertz CT molecular complexity index is 544. The van der Waals surface area contributed by atoms with E-state index in [-0.39, 0.29) is 5.82 Å². The molecule has 4 heteroatoms. The summed E-state index contributed by atoms with van der Waals surface area (Å²) < 4.78 is 19.6. The zero-order valence-electron chi connectivity index (χ0n) is 14.5. The van der Waals surface area contributed by atoms with E-state index in [1.54, 1.807) is 6.07 Å². The van der Waals surface area contributed by atoms with Gasteiger partial charge in [-0.25, -0.2) is 4.39 Å². The SMILES string of the molecule is CSc1ccc(OCCC2(C)CC2C2CCN(C)CC2)cc1F. The lowest BCUT2D eigenvalue weighted by Gasteiger charge is -2.30. The summed E-state index contributed by atoms with van der Waals surface area (Å²) in [7, 11) is 2.22. The van der Waals surface area contributed by atoms with Gasteiger partial charge in [0.1, 0.15) is 11.6 Å². The Morgan fingerprint density at radius 2 is 2.09 bits per heavy atom. The molecular formula is C19H28FNOS. The first-order valence-corrected chi connectivity index (χ1v) is 9.89. The van der Waals surface area contributed by atoms with E-state index < -0.39 is 0 Å². The molecule has 2 unspecified atom stereocenters. The Kier molecular flexibility index (Phi) is 5.22. The summed E-state index contributed by atoms with van der Waals surface area (Å²) >= 11 is 1.42. The average molecular weight is 338 g/mol. The first kappa shape index (κ1) is 17.1. The van der Waals surface area contributed by atoms with Gasteiger partial charge in [0.25, 0.3) is 0 Å². The van der Waals surface area contributed by atoms with Gasteiger partial charge in [-0.3, -0.25) is 0 Å². The summed E-state index contributed by atoms with van der Waals surface area (Å²) in [5.74, 6) is 2.24. The fraction of sp³-hybridized carbons (Fsp3) is 0.684. The number of hydrogen-bond acceptors (Lipinski definition) is 3. The Labute approximate surface area is 143 Å². The first-order chi connectivity index (χ1) is 11.0. The van der Waals surface area contributed by atoms with Crippen LogP contribution in [0.4, 0.5) is 4.39 Å². The van der Waals surface area contributed by atoms with Crippen molar-refractivity contribution in [1.29, 1.82) is 0 Å². The summed E-state index contributed by atoms with van der Waals surface area (Å²) in [4.78, 5) is 3.11. The molecule has 23 heavy (non-hydrogen) atoms. The normalized spacial score (nSPS) is 28.8. The second kappa shape index (κ2) is 7.02. The summed E-state index contributed by atoms with van der Waals surface area (Å²) in [5.41, 5.74) is 0.443. The van der Waals surface area contributed by atoms with Crippen LogP contribution in [0.5, 0.6) is 5.75 Å². The smallest absolute Gasteiger partial charge is 0.140 e. The summed E-state index contributed by atoms with van der Waals surface area (Å²) in [5, 5.41) is 0. The van der Waals surface area contributed by atoms with Crippen LogP contribution in [0.15, 0.2) is 23.1 Å². The Morgan fingerprint density at radius 3 is 2.74 bits per heavy atom. The van der Waals surface area contributed by atoms with Gasteiger partial charge in [-0.1, -0.05) is 6.92 Å². The highest BCUT2D eigenvalue weighted by Gasteiger charge is 2.53. The van der Waals surface area contributed by atoms with Gasteiger partial charge < -0.3 is 9.64 Å². The monoisotopic (exact) mass is 337 g/mol. The van der Waals surface area contributed by atoms with E-state index in [0.717, 1.165) is 18.3 Å². The maximum Gasteiger partial charge on any atom is 0.140 e. The van der Waals surface area contributed by atoms with Gasteiger partial charge in [-0.2, -0.15) is 0 Å². The van der Waals surface area contributed by atoms with E-state index >= 15 is 0 Å². The van der Waals surface area contributed by atoms with Crippen molar-refractivity contribution in [3.8, 4) is 5.75 Å². The van der Waals surface area contributed by atoms with E-state index in [1.165, 1.54) is 50.2 Å². The van der Waals surface area contributed by atoms with Crippen LogP contribution in [0.1, 0.15) is 32.6 Å². The standard InChI is InChI=1S/C19H28FNOS/c1-19(13-16(19)14-6-9-21(2)10-7-14)8-11-22-15-4-5-18(23-3)17(20)12-15/h4-5,12,14,16H,6-11,13H2,1-3H3. The van der Waals surface area contributed by atoms with Gasteiger partial charge in [0.2, 0.25) is 0 Å². The van der Waals surface area contributed by atoms with Crippen LogP contribution in [0.3, 0.4) is 0 Å². The van der Waals surface area contributed by atoms with Crippen molar-refractivity contribution in [2.45, 2.75) is 37.5 Å². The van der Waals surface area contributed by atoms with Crippen LogP contribution in [0.25, 0.3) is 0 Å². The van der Waals surface area contributed by atoms with Gasteiger partial charge in [0, 0.05) is 11.0 Å². The molecule has 1 saturated heterocycles. The molecule has 128 valence electrons. The molecular weight excluding hydrogens is 309 g/mol. The van der Waals surface area contributed by atoms with Crippen LogP contribution in [-0.4, -0.2) is 37.9 Å². The van der Waals surface area contributed by atoms with E-state index in [0.29, 0.717) is 22.7 Å². The minimum atomic E-state index is -0.183. The number of halogens is 1. The van der Waals surface area contributed by atoms with Crippen molar-refractivity contribution in [2.24, 2.45) is 17.3 Å². The number of thioether (sulfide) groups is 1. The molecule has 3 rings (SSSR count). The van der Waals surface area contributed by atoms with Crippen molar-refractivity contribution in [2.75, 3.05) is 33.0 Å². The van der Waals surface area contributed by atoms with Crippen LogP contribution in [0, 0.1) is 23.1 Å². The van der Waals surface area contributed by atoms with Crippen molar-refractivity contribution < 1.29 is 9.13 Å². The molecule has 1 aromatic carbocycles. The average Bonchev–Trinajstić information content (AvgIpc) is 3.20. The summed E-state index contributed by atoms with van der Waals surface area (Å²) in [6.45, 7) is 5.58. The third-order valence-corrected chi connectivity index (χ3v) is 6.59. The van der Waals surface area contributed by atoms with Gasteiger partial charge in [-0.15, -0.1) is 11.8 Å². The highest BCUT2D eigenvalue weighted by atomic mass is 32.2. The highest BCUT2D eigenvalue weighted by Crippen LogP contribution is 2.60. The molecule has 2 nitrogen and oxygen atoms in total. The molecule has 0 bridgehead atoms. The maximum absolute atomic E-state index is 13.8. The van der Waals surface area contributed by atoms with Crippen molar-refractivity contribution >= 4 is 11.8 Å². The van der Waals surface area contributed by atoms with Crippen LogP contribution < -0.4 is 4.74 Å². The van der Waals surface area contributed by atoms with E-state index in [9.17, 15) is 4.39 Å². The second-order valence-electron chi connectivity index (χ2n) is 7.50. The zero-order valence-corrected chi connectivity index (χ0v) is 15.3. The van der Waals surface area contributed by atoms with Gasteiger partial charge in [0.15, 0.2) is 0 Å². The Hall–Kier alpha value is -0.740. The molecule has 0 N–H and O–H groups in total. The van der Waals surface area contributed by atoms with Crippen molar-refractivity contribution in [3.05, 3.63) is 24.0 Å². The predicted molar refractivity (Wildman–Crippen MR) is 94.7 cm³/mol. The zero-order chi connectivity index (χ0) is 16.4. The molecule has 1 aliphatic carbocycles. The third kappa shape index (κ3) is 4.03. The van der Waals surface area contributed by atoms with E-state index in [2.05, 4.69) is 18.9 Å². The largest absolute Gasteiger partial charge is 0.493 e. The lowest BCUT2D eigenvalue weighted by molar-refractivity contribution is 0.181. The third-order valence-electron chi connectivity index (χ3n) is 5.82. The molecule has 0 radical (unpaired) electrons. The van der Waals surface area contributed by atoms with Gasteiger partial charge in [0.05, 0.1) is 6.61 Å². The van der Waals surface area contributed by atoms with Crippen LogP contribution in [0.2, 0.25) is 0 Å². The predicted octanol–water partition coefficient (Wildman–Crippen LogP) is 4.68. The molecule has 0 amide bonds. The fourth-order valence-corrected chi connectivity index (χ4v) is 4.49. The molecule has 0 spiro atoms. The second-order valence-corrected chi connectivity index (χ2v) is 8.35. The molecule has 1 heterocycles. The first-order valence-electron chi connectivity index (χ1n) is 8.67. The highest BCUT2D eigenvalue weighted by molar-refractivity contribution is 7.98. The van der Waals surface area contributed by atoms with E-state index in [4.69, 9.17) is 4.74 Å². The number of piperidine rings is 1. The minimum Gasteiger partial charge on any atom is -0.493 e. The molecule has 1 aliphatic heterocycles. The fourth-order valence-electron chi connectivity index (χ4n) is 4.04. The Balaban J connectivity index is 1.45. The van der Waals surface area contributed by atoms with Crippen molar-refractivity contribution in [1.82, 2.24) is 4.90 Å².